The van der Waals surface area contributed by atoms with E-state index in [0.29, 0.717) is 17.6 Å². The number of thioether (sulfide) groups is 1. The maximum absolute atomic E-state index is 15.2. The zero-order chi connectivity index (χ0) is 27.7. The number of likely N-dealkylation sites (tertiary alicyclic amines) is 1. The van der Waals surface area contributed by atoms with E-state index in [1.165, 1.54) is 17.0 Å². The summed E-state index contributed by atoms with van der Waals surface area (Å²) in [4.78, 5) is 22.2. The van der Waals surface area contributed by atoms with Crippen molar-refractivity contribution in [2.24, 2.45) is 5.92 Å². The lowest BCUT2D eigenvalue weighted by molar-refractivity contribution is -0.269. The molecule has 1 aromatic heterocycles. The van der Waals surface area contributed by atoms with Crippen LogP contribution in [0.3, 0.4) is 0 Å². The Hall–Kier alpha value is -2.94. The number of benzene rings is 1. The van der Waals surface area contributed by atoms with Crippen molar-refractivity contribution in [3.8, 4) is 0 Å². The highest BCUT2D eigenvalue weighted by Gasteiger charge is 2.60. The fraction of sp³-hybridized carbons (Fsp3) is 0.391. The number of nitrogens with one attached hydrogen (secondary N) is 1. The summed E-state index contributed by atoms with van der Waals surface area (Å²) in [6.45, 7) is -0.448. The van der Waals surface area contributed by atoms with Crippen LogP contribution >= 0.6 is 11.8 Å². The molecule has 4 heterocycles. The minimum absolute atomic E-state index is 0.0285. The van der Waals surface area contributed by atoms with Crippen molar-refractivity contribution in [3.63, 3.8) is 0 Å². The molecule has 0 spiro atoms. The molecule has 15 heteroatoms. The van der Waals surface area contributed by atoms with Crippen LogP contribution in [0, 0.1) is 17.6 Å². The molecule has 5 rings (SSSR count). The monoisotopic (exact) mass is 569 g/mol. The fourth-order valence-corrected chi connectivity index (χ4v) is 5.08. The van der Waals surface area contributed by atoms with E-state index >= 15 is 4.39 Å². The Morgan fingerprint density at radius 2 is 1.79 bits per heavy atom. The van der Waals surface area contributed by atoms with Crippen molar-refractivity contribution in [2.45, 2.75) is 23.6 Å². The zero-order valence-electron chi connectivity index (χ0n) is 18.9. The molecule has 3 aliphatic heterocycles. The van der Waals surface area contributed by atoms with Crippen LogP contribution in [0.2, 0.25) is 0 Å². The summed E-state index contributed by atoms with van der Waals surface area (Å²) < 4.78 is 125. The van der Waals surface area contributed by atoms with E-state index < -0.39 is 52.1 Å². The topological polar surface area (TPSA) is 54.5 Å². The van der Waals surface area contributed by atoms with Crippen LogP contribution in [0.5, 0.6) is 0 Å². The Balaban J connectivity index is 1.42. The average molecular weight is 569 g/mol. The first kappa shape index (κ1) is 26.7. The van der Waals surface area contributed by atoms with Crippen molar-refractivity contribution in [1.82, 2.24) is 15.4 Å². The standard InChI is InChI=1S/C23H16F9N3O2S/c24-15-4-13(3-14(18(15)25)22(27,28)29)21(23(30,31)32)5-16(34-37-21)11-1-2-17(33-6-11)20(26)9-35(10-20)19(36)12-7-38-8-12/h1-6,12,34H,7-10H2. The summed E-state index contributed by atoms with van der Waals surface area (Å²) in [6, 6.07) is 2.20. The van der Waals surface area contributed by atoms with Gasteiger partial charge in [0.05, 0.1) is 36.0 Å². The second kappa shape index (κ2) is 8.79. The van der Waals surface area contributed by atoms with Gasteiger partial charge >= 0.3 is 12.4 Å². The van der Waals surface area contributed by atoms with Gasteiger partial charge in [-0.1, -0.05) is 0 Å². The SMILES string of the molecule is O=C(C1CSC1)N1CC(F)(c2ccc(C3=CC(c4cc(F)c(F)c(C(F)(F)F)c4)(C(F)(F)F)ON3)cn2)C1. The van der Waals surface area contributed by atoms with Gasteiger partial charge in [-0.25, -0.2) is 13.2 Å². The first-order valence-corrected chi connectivity index (χ1v) is 12.1. The normalized spacial score (nSPS) is 23.4. The van der Waals surface area contributed by atoms with Gasteiger partial charge < -0.3 is 4.90 Å². The number of carbonyl (C=O) groups is 1. The average Bonchev–Trinajstić information content (AvgIpc) is 3.24. The number of carbonyl (C=O) groups excluding carboxylic acids is 1. The molecule has 1 amide bonds. The van der Waals surface area contributed by atoms with Crippen LogP contribution in [-0.4, -0.2) is 46.6 Å². The van der Waals surface area contributed by atoms with Crippen LogP contribution in [0.15, 0.2) is 36.5 Å². The Bertz CT molecular complexity index is 1300. The predicted octanol–water partition coefficient (Wildman–Crippen LogP) is 5.08. The maximum Gasteiger partial charge on any atom is 0.428 e. The largest absolute Gasteiger partial charge is 0.428 e. The molecular weight excluding hydrogens is 553 g/mol. The minimum atomic E-state index is -5.48. The lowest BCUT2D eigenvalue weighted by Crippen LogP contribution is -2.61. The Morgan fingerprint density at radius 3 is 2.32 bits per heavy atom. The number of hydrogen-bond acceptors (Lipinski definition) is 5. The summed E-state index contributed by atoms with van der Waals surface area (Å²) in [5.74, 6) is -3.44. The van der Waals surface area contributed by atoms with E-state index in [4.69, 9.17) is 0 Å². The lowest BCUT2D eigenvalue weighted by Gasteiger charge is -2.46. The number of hydroxylamine groups is 1. The van der Waals surface area contributed by atoms with E-state index in [1.807, 2.05) is 5.48 Å². The van der Waals surface area contributed by atoms with Gasteiger partial charge in [0.25, 0.3) is 0 Å². The molecule has 204 valence electrons. The van der Waals surface area contributed by atoms with Gasteiger partial charge in [0.2, 0.25) is 11.5 Å². The van der Waals surface area contributed by atoms with Crippen molar-refractivity contribution in [3.05, 3.63) is 70.6 Å². The number of nitrogens with zero attached hydrogens (tertiary/aromatic N) is 2. The second-order valence-corrected chi connectivity index (χ2v) is 10.2. The van der Waals surface area contributed by atoms with Gasteiger partial charge in [-0.2, -0.15) is 38.1 Å². The smallest absolute Gasteiger partial charge is 0.335 e. The van der Waals surface area contributed by atoms with Gasteiger partial charge in [-0.05, 0) is 30.3 Å². The van der Waals surface area contributed by atoms with Crippen molar-refractivity contribution in [2.75, 3.05) is 24.6 Å². The van der Waals surface area contributed by atoms with Gasteiger partial charge in [0.1, 0.15) is 0 Å². The predicted molar refractivity (Wildman–Crippen MR) is 116 cm³/mol. The molecule has 1 unspecified atom stereocenters. The molecule has 5 nitrogen and oxygen atoms in total. The molecule has 0 aliphatic carbocycles. The van der Waals surface area contributed by atoms with E-state index in [9.17, 15) is 39.9 Å². The first-order valence-electron chi connectivity index (χ1n) is 11.0. The summed E-state index contributed by atoms with van der Waals surface area (Å²) in [6.07, 6.45) is -9.51. The number of aromatic nitrogens is 1. The number of halogens is 9. The molecule has 38 heavy (non-hydrogen) atoms. The Kier molecular flexibility index (Phi) is 6.17. The fourth-order valence-electron chi connectivity index (χ4n) is 4.33. The van der Waals surface area contributed by atoms with Crippen molar-refractivity contribution in [1.29, 1.82) is 0 Å². The molecular formula is C23H16F9N3O2S. The van der Waals surface area contributed by atoms with Gasteiger partial charge in [-0.3, -0.25) is 20.1 Å². The lowest BCUT2D eigenvalue weighted by atomic mass is 9.89. The van der Waals surface area contributed by atoms with Crippen LogP contribution in [0.25, 0.3) is 5.70 Å². The molecule has 1 atom stereocenters. The molecule has 1 N–H and O–H groups in total. The highest BCUT2D eigenvalue weighted by atomic mass is 32.2. The third-order valence-electron chi connectivity index (χ3n) is 6.57. The number of rotatable bonds is 4. The van der Waals surface area contributed by atoms with Crippen LogP contribution in [0.1, 0.15) is 22.4 Å². The van der Waals surface area contributed by atoms with E-state index in [1.54, 1.807) is 11.8 Å². The van der Waals surface area contributed by atoms with Gasteiger partial charge in [0, 0.05) is 28.8 Å². The first-order chi connectivity index (χ1) is 17.6. The molecule has 0 bridgehead atoms. The zero-order valence-corrected chi connectivity index (χ0v) is 19.7. The third kappa shape index (κ3) is 4.28. The summed E-state index contributed by atoms with van der Waals surface area (Å²) in [7, 11) is 0. The maximum atomic E-state index is 15.2. The molecule has 2 fully saturated rings. The van der Waals surface area contributed by atoms with E-state index in [-0.39, 0.29) is 48.3 Å². The molecule has 0 radical (unpaired) electrons. The van der Waals surface area contributed by atoms with Crippen LogP contribution in [0.4, 0.5) is 39.5 Å². The molecule has 2 aromatic rings. The highest BCUT2D eigenvalue weighted by molar-refractivity contribution is 8.00. The summed E-state index contributed by atoms with van der Waals surface area (Å²) in [5, 5.41) is 0. The summed E-state index contributed by atoms with van der Waals surface area (Å²) in [5.41, 5.74) is -7.71. The Labute approximate surface area is 213 Å². The number of alkyl halides is 7. The van der Waals surface area contributed by atoms with Gasteiger partial charge in [-0.15, -0.1) is 0 Å². The molecule has 2 saturated heterocycles. The second-order valence-electron chi connectivity index (χ2n) is 9.14. The molecule has 3 aliphatic rings. The van der Waals surface area contributed by atoms with Crippen molar-refractivity contribution >= 4 is 23.4 Å². The number of amides is 1. The molecule has 0 saturated carbocycles. The van der Waals surface area contributed by atoms with E-state index in [2.05, 4.69) is 9.82 Å². The number of hydrogen-bond donors (Lipinski definition) is 1. The molecule has 1 aromatic carbocycles. The number of pyridine rings is 1. The summed E-state index contributed by atoms with van der Waals surface area (Å²) >= 11 is 1.61. The quantitative estimate of drug-likeness (QED) is 0.521. The van der Waals surface area contributed by atoms with Crippen LogP contribution < -0.4 is 5.48 Å². The highest BCUT2D eigenvalue weighted by Crippen LogP contribution is 2.49. The van der Waals surface area contributed by atoms with E-state index in [0.717, 1.165) is 6.20 Å². The Morgan fingerprint density at radius 1 is 1.11 bits per heavy atom. The minimum Gasteiger partial charge on any atom is -0.335 e. The van der Waals surface area contributed by atoms with Crippen molar-refractivity contribution < 1.29 is 49.1 Å². The third-order valence-corrected chi connectivity index (χ3v) is 7.84. The van der Waals surface area contributed by atoms with Crippen LogP contribution in [-0.2, 0) is 27.1 Å². The van der Waals surface area contributed by atoms with Gasteiger partial charge in [0.15, 0.2) is 17.3 Å².